The quantitative estimate of drug-likeness (QED) is 0.738. The maximum atomic E-state index is 13.4. The lowest BCUT2D eigenvalue weighted by molar-refractivity contribution is 0.0697. The van der Waals surface area contributed by atoms with E-state index in [1.165, 1.54) is 12.1 Å². The van der Waals surface area contributed by atoms with Gasteiger partial charge in [-0.1, -0.05) is 0 Å². The molecule has 0 saturated carbocycles. The second kappa shape index (κ2) is 6.67. The average Bonchev–Trinajstić information content (AvgIpc) is 3.04. The van der Waals surface area contributed by atoms with Crippen molar-refractivity contribution >= 4 is 17.6 Å². The van der Waals surface area contributed by atoms with Gasteiger partial charge in [0.05, 0.1) is 23.1 Å². The van der Waals surface area contributed by atoms with E-state index in [2.05, 4.69) is 20.6 Å². The number of nitrogens with one attached hydrogen (secondary N) is 1. The van der Waals surface area contributed by atoms with Gasteiger partial charge in [-0.2, -0.15) is 5.10 Å². The highest BCUT2D eigenvalue weighted by Gasteiger charge is 2.18. The number of hydrogen-bond donors (Lipinski definition) is 2. The number of carboxylic acids is 1. The smallest absolute Gasteiger partial charge is 0.337 e. The molecule has 2 aromatic heterocycles. The molecule has 2 N–H and O–H groups in total. The van der Waals surface area contributed by atoms with Crippen molar-refractivity contribution in [2.24, 2.45) is 7.05 Å². The van der Waals surface area contributed by atoms with Gasteiger partial charge in [-0.05, 0) is 18.2 Å². The average molecular weight is 359 g/mol. The number of carbonyl (C=O) groups is 2. The number of anilines is 1. The van der Waals surface area contributed by atoms with Gasteiger partial charge in [-0.25, -0.2) is 13.6 Å². The third kappa shape index (κ3) is 3.38. The minimum Gasteiger partial charge on any atom is -0.478 e. The molecule has 0 unspecified atom stereocenters. The van der Waals surface area contributed by atoms with Crippen molar-refractivity contribution in [3.63, 3.8) is 0 Å². The van der Waals surface area contributed by atoms with E-state index in [4.69, 9.17) is 5.11 Å². The number of amides is 1. The van der Waals surface area contributed by atoms with Crippen LogP contribution < -0.4 is 5.32 Å². The summed E-state index contributed by atoms with van der Waals surface area (Å²) in [5.74, 6) is -4.95. The van der Waals surface area contributed by atoms with Gasteiger partial charge in [0.1, 0.15) is 0 Å². The molecule has 2 heterocycles. The van der Waals surface area contributed by atoms with E-state index in [0.29, 0.717) is 23.4 Å². The summed E-state index contributed by atoms with van der Waals surface area (Å²) in [5, 5.41) is 22.9. The number of carboxylic acid groups (broad SMARTS) is 1. The number of nitrogens with zero attached hydrogens (tertiary/aromatic N) is 4. The Morgan fingerprint density at radius 2 is 1.88 bits per heavy atom. The van der Waals surface area contributed by atoms with E-state index in [0.717, 1.165) is 0 Å². The van der Waals surface area contributed by atoms with Gasteiger partial charge >= 0.3 is 5.97 Å². The van der Waals surface area contributed by atoms with Crippen LogP contribution >= 0.6 is 0 Å². The Balaban J connectivity index is 1.84. The van der Waals surface area contributed by atoms with Crippen molar-refractivity contribution in [3.8, 4) is 11.3 Å². The van der Waals surface area contributed by atoms with Crippen LogP contribution in [0.15, 0.2) is 36.7 Å². The minimum absolute atomic E-state index is 0.126. The molecule has 1 aromatic carbocycles. The van der Waals surface area contributed by atoms with Crippen molar-refractivity contribution in [1.82, 2.24) is 20.0 Å². The zero-order valence-corrected chi connectivity index (χ0v) is 13.3. The van der Waals surface area contributed by atoms with Crippen LogP contribution in [0.4, 0.5) is 14.5 Å². The topological polar surface area (TPSA) is 110 Å². The summed E-state index contributed by atoms with van der Waals surface area (Å²) >= 11 is 0. The van der Waals surface area contributed by atoms with Crippen LogP contribution in [0.3, 0.4) is 0 Å². The Morgan fingerprint density at radius 1 is 1.15 bits per heavy atom. The monoisotopic (exact) mass is 359 g/mol. The molecule has 132 valence electrons. The Hall–Kier alpha value is -3.69. The molecule has 0 spiro atoms. The molecule has 0 saturated heterocycles. The molecule has 10 heteroatoms. The van der Waals surface area contributed by atoms with E-state index in [1.54, 1.807) is 24.1 Å². The van der Waals surface area contributed by atoms with Crippen LogP contribution in [-0.2, 0) is 7.05 Å². The molecule has 0 atom stereocenters. The lowest BCUT2D eigenvalue weighted by Crippen LogP contribution is -2.17. The van der Waals surface area contributed by atoms with Crippen LogP contribution in [0, 0.1) is 11.6 Å². The van der Waals surface area contributed by atoms with E-state index >= 15 is 0 Å². The molecular weight excluding hydrogens is 348 g/mol. The molecule has 3 rings (SSSR count). The fourth-order valence-corrected chi connectivity index (χ4v) is 2.17. The second-order valence-corrected chi connectivity index (χ2v) is 5.28. The van der Waals surface area contributed by atoms with E-state index in [9.17, 15) is 18.4 Å². The van der Waals surface area contributed by atoms with E-state index in [1.807, 2.05) is 0 Å². The first-order chi connectivity index (χ1) is 12.3. The largest absolute Gasteiger partial charge is 0.478 e. The van der Waals surface area contributed by atoms with E-state index in [-0.39, 0.29) is 11.4 Å². The highest BCUT2D eigenvalue weighted by molar-refractivity contribution is 6.06. The molecule has 26 heavy (non-hydrogen) atoms. The van der Waals surface area contributed by atoms with Crippen molar-refractivity contribution in [3.05, 3.63) is 59.6 Å². The van der Waals surface area contributed by atoms with Crippen molar-refractivity contribution in [2.45, 2.75) is 0 Å². The van der Waals surface area contributed by atoms with Crippen LogP contribution in [0.25, 0.3) is 11.3 Å². The summed E-state index contributed by atoms with van der Waals surface area (Å²) in [6, 6.07) is 3.98. The highest BCUT2D eigenvalue weighted by atomic mass is 19.2. The summed E-state index contributed by atoms with van der Waals surface area (Å²) < 4.78 is 28.1. The summed E-state index contributed by atoms with van der Waals surface area (Å²) in [7, 11) is 1.74. The van der Waals surface area contributed by atoms with Crippen molar-refractivity contribution in [1.29, 1.82) is 0 Å². The van der Waals surface area contributed by atoms with Gasteiger partial charge in [0, 0.05) is 24.9 Å². The lowest BCUT2D eigenvalue weighted by atomic mass is 10.1. The number of halogens is 2. The molecular formula is C16H11F2N5O3. The molecule has 8 nitrogen and oxygen atoms in total. The van der Waals surface area contributed by atoms with Gasteiger partial charge in [0.25, 0.3) is 5.91 Å². The second-order valence-electron chi connectivity index (χ2n) is 5.28. The molecule has 0 bridgehead atoms. The molecule has 1 amide bonds. The third-order valence-corrected chi connectivity index (χ3v) is 3.44. The standard InChI is InChI=1S/C16H11F2N5O3/c1-23-7-8(6-19-23)12-2-3-13(22-21-12)15(24)20-14-5-11(18)10(17)4-9(14)16(25)26/h2-7H,1H3,(H,20,24)(H,25,26). The summed E-state index contributed by atoms with van der Waals surface area (Å²) in [4.78, 5) is 23.3. The first kappa shape index (κ1) is 17.1. The summed E-state index contributed by atoms with van der Waals surface area (Å²) in [6.07, 6.45) is 3.29. The molecule has 0 aliphatic rings. The summed E-state index contributed by atoms with van der Waals surface area (Å²) in [5.41, 5.74) is 0.0740. The van der Waals surface area contributed by atoms with Gasteiger partial charge in [-0.15, -0.1) is 10.2 Å². The normalized spacial score (nSPS) is 10.6. The number of carbonyl (C=O) groups excluding carboxylic acids is 1. The molecule has 0 aliphatic heterocycles. The predicted octanol–water partition coefficient (Wildman–Crippen LogP) is 2.11. The van der Waals surface area contributed by atoms with Gasteiger partial charge in [-0.3, -0.25) is 9.48 Å². The number of aromatic carboxylic acids is 1. The van der Waals surface area contributed by atoms with Crippen molar-refractivity contribution < 1.29 is 23.5 Å². The first-order valence-corrected chi connectivity index (χ1v) is 7.21. The highest BCUT2D eigenvalue weighted by Crippen LogP contribution is 2.21. The number of rotatable bonds is 4. The maximum absolute atomic E-state index is 13.4. The molecule has 3 aromatic rings. The zero-order valence-electron chi connectivity index (χ0n) is 13.3. The zero-order chi connectivity index (χ0) is 18.8. The van der Waals surface area contributed by atoms with Crippen LogP contribution in [0.1, 0.15) is 20.8 Å². The van der Waals surface area contributed by atoms with Crippen LogP contribution in [-0.4, -0.2) is 37.0 Å². The van der Waals surface area contributed by atoms with Crippen LogP contribution in [0.5, 0.6) is 0 Å². The van der Waals surface area contributed by atoms with Gasteiger partial charge in [0.2, 0.25) is 0 Å². The number of hydrogen-bond acceptors (Lipinski definition) is 5. The van der Waals surface area contributed by atoms with Crippen molar-refractivity contribution in [2.75, 3.05) is 5.32 Å². The van der Waals surface area contributed by atoms with Gasteiger partial charge < -0.3 is 10.4 Å². The fraction of sp³-hybridized carbons (Fsp3) is 0.0625. The first-order valence-electron chi connectivity index (χ1n) is 7.21. The number of benzene rings is 1. The SMILES string of the molecule is Cn1cc(-c2ccc(C(=O)Nc3cc(F)c(F)cc3C(=O)O)nn2)cn1. The third-order valence-electron chi connectivity index (χ3n) is 3.44. The minimum atomic E-state index is -1.52. The Kier molecular flexibility index (Phi) is 4.40. The van der Waals surface area contributed by atoms with Crippen LogP contribution in [0.2, 0.25) is 0 Å². The predicted molar refractivity (Wildman–Crippen MR) is 85.5 cm³/mol. The molecule has 0 fully saturated rings. The van der Waals surface area contributed by atoms with E-state index < -0.39 is 29.1 Å². The molecule has 0 radical (unpaired) electrons. The Morgan fingerprint density at radius 3 is 2.46 bits per heavy atom. The molecule has 0 aliphatic carbocycles. The number of aromatic nitrogens is 4. The van der Waals surface area contributed by atoms with Gasteiger partial charge in [0.15, 0.2) is 17.3 Å². The summed E-state index contributed by atoms with van der Waals surface area (Å²) in [6.45, 7) is 0. The fourth-order valence-electron chi connectivity index (χ4n) is 2.17. The maximum Gasteiger partial charge on any atom is 0.337 e. The number of aryl methyl sites for hydroxylation is 1. The Bertz CT molecular complexity index is 1000. The lowest BCUT2D eigenvalue weighted by Gasteiger charge is -2.09. The Labute approximate surface area is 145 Å².